The zero-order valence-corrected chi connectivity index (χ0v) is 19.8. The number of hydrogen-bond donors (Lipinski definition) is 0. The van der Waals surface area contributed by atoms with Gasteiger partial charge in [0.25, 0.3) is 0 Å². The minimum atomic E-state index is -3.72. The first-order valence-electron chi connectivity index (χ1n) is 10.2. The zero-order valence-electron chi connectivity index (χ0n) is 17.4. The van der Waals surface area contributed by atoms with Crippen LogP contribution in [0.25, 0.3) is 16.3 Å². The summed E-state index contributed by atoms with van der Waals surface area (Å²) in [5.41, 5.74) is 1.49. The predicted octanol–water partition coefficient (Wildman–Crippen LogP) is 3.28. The van der Waals surface area contributed by atoms with Gasteiger partial charge in [-0.05, 0) is 42.8 Å². The van der Waals surface area contributed by atoms with E-state index in [-0.39, 0.29) is 28.8 Å². The van der Waals surface area contributed by atoms with Gasteiger partial charge in [0.05, 0.1) is 15.1 Å². The number of carbonyl (C=O) groups excluding carboxylic acids is 1. The highest BCUT2D eigenvalue weighted by atomic mass is 35.5. The maximum atomic E-state index is 13.1. The Labute approximate surface area is 195 Å². The summed E-state index contributed by atoms with van der Waals surface area (Å²) in [4.78, 5) is 26.3. The van der Waals surface area contributed by atoms with Gasteiger partial charge in [0, 0.05) is 43.8 Å². The number of aromatic nitrogens is 1. The number of carbonyl (C=O) groups is 1. The largest absolute Gasteiger partial charge is 0.337 e. The monoisotopic (exact) mass is 491 g/mol. The minimum absolute atomic E-state index is 0.103. The average Bonchev–Trinajstić information content (AvgIpc) is 3.12. The maximum Gasteiger partial charge on any atom is 0.308 e. The molecule has 0 bridgehead atoms. The van der Waals surface area contributed by atoms with Crippen molar-refractivity contribution in [3.8, 4) is 0 Å². The van der Waals surface area contributed by atoms with Gasteiger partial charge >= 0.3 is 4.87 Å². The number of nitrogens with zero attached hydrogens (tertiary/aromatic N) is 3. The zero-order chi connectivity index (χ0) is 22.9. The molecule has 0 unspecified atom stereocenters. The molecule has 1 aromatic heterocycles. The van der Waals surface area contributed by atoms with E-state index < -0.39 is 10.0 Å². The molecule has 1 amide bonds. The van der Waals surface area contributed by atoms with Gasteiger partial charge in [0.1, 0.15) is 0 Å². The second kappa shape index (κ2) is 9.19. The number of hydrogen-bond acceptors (Lipinski definition) is 5. The Balaban J connectivity index is 1.45. The Hall–Kier alpha value is -2.46. The smallest absolute Gasteiger partial charge is 0.308 e. The molecule has 1 aliphatic rings. The average molecular weight is 492 g/mol. The molecule has 0 atom stereocenters. The van der Waals surface area contributed by atoms with Crippen LogP contribution in [0.3, 0.4) is 0 Å². The summed E-state index contributed by atoms with van der Waals surface area (Å²) >= 11 is 7.15. The number of rotatable bonds is 5. The molecular formula is C22H22ClN3O4S2. The van der Waals surface area contributed by atoms with E-state index in [1.165, 1.54) is 10.4 Å². The molecule has 1 fully saturated rings. The predicted molar refractivity (Wildman–Crippen MR) is 128 cm³/mol. The lowest BCUT2D eigenvalue weighted by molar-refractivity contribution is -0.127. The van der Waals surface area contributed by atoms with Crippen LogP contribution in [-0.4, -0.2) is 54.3 Å². The topological polar surface area (TPSA) is 79.7 Å². The molecule has 0 spiro atoms. The van der Waals surface area contributed by atoms with E-state index in [0.717, 1.165) is 22.4 Å². The quantitative estimate of drug-likeness (QED) is 0.513. The molecule has 10 heteroatoms. The molecule has 3 aromatic rings. The standard InChI is InChI=1S/C22H22ClN3O4S2/c1-2-26-19-9-8-17(15-20(19)31-22(26)28)32(29,30)25-13-11-24(12-14-25)21(27)10-7-16-5-3-4-6-18(16)23/h3-10,15H,2,11-14H2,1H3. The first-order chi connectivity index (χ1) is 15.3. The number of fused-ring (bicyclic) bond motifs is 1. The summed E-state index contributed by atoms with van der Waals surface area (Å²) in [6.45, 7) is 3.42. The number of benzene rings is 2. The van der Waals surface area contributed by atoms with Crippen molar-refractivity contribution in [2.24, 2.45) is 0 Å². The van der Waals surface area contributed by atoms with Crippen molar-refractivity contribution in [2.75, 3.05) is 26.2 Å². The third kappa shape index (κ3) is 4.38. The molecule has 2 heterocycles. The second-order valence-electron chi connectivity index (χ2n) is 7.33. The number of sulfonamides is 1. The number of halogens is 1. The van der Waals surface area contributed by atoms with Crippen molar-refractivity contribution < 1.29 is 13.2 Å². The van der Waals surface area contributed by atoms with Gasteiger partial charge < -0.3 is 4.90 Å². The van der Waals surface area contributed by atoms with E-state index in [9.17, 15) is 18.0 Å². The number of piperazine rings is 1. The Morgan fingerprint density at radius 3 is 2.53 bits per heavy atom. The highest BCUT2D eigenvalue weighted by Crippen LogP contribution is 2.25. The van der Waals surface area contributed by atoms with Gasteiger partial charge in [-0.3, -0.25) is 14.2 Å². The van der Waals surface area contributed by atoms with Crippen molar-refractivity contribution in [3.63, 3.8) is 0 Å². The SMILES string of the molecule is CCn1c(=O)sc2cc(S(=O)(=O)N3CCN(C(=O)C=Cc4ccccc4Cl)CC3)ccc21. The van der Waals surface area contributed by atoms with Crippen molar-refractivity contribution in [1.29, 1.82) is 0 Å². The molecule has 168 valence electrons. The maximum absolute atomic E-state index is 13.1. The van der Waals surface area contributed by atoms with E-state index >= 15 is 0 Å². The van der Waals surface area contributed by atoms with Crippen molar-refractivity contribution in [2.45, 2.75) is 18.4 Å². The third-order valence-corrected chi connectivity index (χ3v) is 8.64. The summed E-state index contributed by atoms with van der Waals surface area (Å²) in [6, 6.07) is 12.0. The first kappa shape index (κ1) is 22.7. The van der Waals surface area contributed by atoms with Gasteiger partial charge in [0.2, 0.25) is 15.9 Å². The Morgan fingerprint density at radius 2 is 1.84 bits per heavy atom. The fourth-order valence-corrected chi connectivity index (χ4v) is 6.40. The van der Waals surface area contributed by atoms with Crippen LogP contribution in [0.4, 0.5) is 0 Å². The normalized spacial score (nSPS) is 15.6. The molecule has 32 heavy (non-hydrogen) atoms. The van der Waals surface area contributed by atoms with Crippen LogP contribution in [0.5, 0.6) is 0 Å². The lowest BCUT2D eigenvalue weighted by Crippen LogP contribution is -2.50. The molecule has 0 radical (unpaired) electrons. The molecule has 2 aromatic carbocycles. The van der Waals surface area contributed by atoms with Crippen LogP contribution in [-0.2, 0) is 21.4 Å². The number of amides is 1. The second-order valence-corrected chi connectivity index (χ2v) is 10.7. The summed E-state index contributed by atoms with van der Waals surface area (Å²) < 4.78 is 29.9. The van der Waals surface area contributed by atoms with E-state index in [1.807, 2.05) is 25.1 Å². The fraction of sp³-hybridized carbons (Fsp3) is 0.273. The van der Waals surface area contributed by atoms with Crippen molar-refractivity contribution >= 4 is 55.2 Å². The molecule has 4 rings (SSSR count). The van der Waals surface area contributed by atoms with Crippen LogP contribution in [0.2, 0.25) is 5.02 Å². The highest BCUT2D eigenvalue weighted by Gasteiger charge is 2.30. The summed E-state index contributed by atoms with van der Waals surface area (Å²) in [7, 11) is -3.72. The number of thiazole rings is 1. The number of aryl methyl sites for hydroxylation is 1. The lowest BCUT2D eigenvalue weighted by Gasteiger charge is -2.33. The van der Waals surface area contributed by atoms with E-state index in [2.05, 4.69) is 0 Å². The van der Waals surface area contributed by atoms with Crippen LogP contribution >= 0.6 is 22.9 Å². The van der Waals surface area contributed by atoms with Gasteiger partial charge in [0.15, 0.2) is 0 Å². The van der Waals surface area contributed by atoms with Crippen LogP contribution in [0, 0.1) is 0 Å². The van der Waals surface area contributed by atoms with Gasteiger partial charge in [-0.25, -0.2) is 8.42 Å². The molecule has 1 aliphatic heterocycles. The van der Waals surface area contributed by atoms with Gasteiger partial charge in [-0.15, -0.1) is 0 Å². The first-order valence-corrected chi connectivity index (χ1v) is 12.8. The van der Waals surface area contributed by atoms with E-state index in [0.29, 0.717) is 29.4 Å². The molecule has 0 N–H and O–H groups in total. The third-order valence-electron chi connectivity index (χ3n) is 5.45. The molecule has 0 aliphatic carbocycles. The fourth-order valence-electron chi connectivity index (χ4n) is 3.68. The van der Waals surface area contributed by atoms with Gasteiger partial charge in [-0.2, -0.15) is 4.31 Å². The van der Waals surface area contributed by atoms with Crippen LogP contribution < -0.4 is 4.87 Å². The summed E-state index contributed by atoms with van der Waals surface area (Å²) in [6.07, 6.45) is 3.12. The molecular weight excluding hydrogens is 470 g/mol. The molecule has 0 saturated carbocycles. The molecule has 7 nitrogen and oxygen atoms in total. The van der Waals surface area contributed by atoms with Crippen LogP contribution in [0.1, 0.15) is 12.5 Å². The highest BCUT2D eigenvalue weighted by molar-refractivity contribution is 7.89. The molecule has 1 saturated heterocycles. The summed E-state index contributed by atoms with van der Waals surface area (Å²) in [5.74, 6) is -0.186. The van der Waals surface area contributed by atoms with Gasteiger partial charge in [-0.1, -0.05) is 41.1 Å². The Bertz CT molecular complexity index is 1350. The van der Waals surface area contributed by atoms with Crippen molar-refractivity contribution in [1.82, 2.24) is 13.8 Å². The Kier molecular flexibility index (Phi) is 6.52. The Morgan fingerprint density at radius 1 is 1.12 bits per heavy atom. The lowest BCUT2D eigenvalue weighted by atomic mass is 10.2. The summed E-state index contributed by atoms with van der Waals surface area (Å²) in [5, 5.41) is 0.559. The van der Waals surface area contributed by atoms with E-state index in [4.69, 9.17) is 11.6 Å². The van der Waals surface area contributed by atoms with Crippen LogP contribution in [0.15, 0.2) is 58.2 Å². The minimum Gasteiger partial charge on any atom is -0.337 e. The van der Waals surface area contributed by atoms with Crippen molar-refractivity contribution in [3.05, 3.63) is 68.8 Å². The van der Waals surface area contributed by atoms with E-state index in [1.54, 1.807) is 39.8 Å².